The van der Waals surface area contributed by atoms with Gasteiger partial charge in [-0.25, -0.2) is 24.4 Å². The summed E-state index contributed by atoms with van der Waals surface area (Å²) >= 11 is 1.46. The van der Waals surface area contributed by atoms with Crippen LogP contribution in [0.15, 0.2) is 71.0 Å². The van der Waals surface area contributed by atoms with Crippen molar-refractivity contribution in [1.29, 1.82) is 0 Å². The van der Waals surface area contributed by atoms with Crippen LogP contribution in [0.2, 0.25) is 0 Å². The molecule has 1 amide bonds. The number of alkyl carbamates (subject to hydrolysis) is 1. The molecular formula is C30H28F3N7O7S. The Bertz CT molecular complexity index is 1910. The number of nitrogens with one attached hydrogen (secondary N) is 3. The first kappa shape index (κ1) is 35.1. The van der Waals surface area contributed by atoms with Gasteiger partial charge in [-0.15, -0.1) is 11.3 Å². The molecule has 0 bridgehead atoms. The molecule has 5 aromatic rings. The van der Waals surface area contributed by atoms with Crippen molar-refractivity contribution in [2.75, 3.05) is 5.32 Å². The number of aliphatic carboxylic acids is 2. The molecule has 1 unspecified atom stereocenters. The molecule has 14 nitrogen and oxygen atoms in total. The van der Waals surface area contributed by atoms with Crippen LogP contribution in [0.25, 0.3) is 22.6 Å². The number of hydrogen-bond donors (Lipinski definition) is 5. The number of thiazole rings is 1. The average molecular weight is 688 g/mol. The van der Waals surface area contributed by atoms with Crippen LogP contribution in [0.4, 0.5) is 23.8 Å². The van der Waals surface area contributed by atoms with E-state index in [0.717, 1.165) is 27.3 Å². The van der Waals surface area contributed by atoms with Gasteiger partial charge in [-0.1, -0.05) is 42.5 Å². The van der Waals surface area contributed by atoms with Gasteiger partial charge in [-0.05, 0) is 24.6 Å². The van der Waals surface area contributed by atoms with Crippen molar-refractivity contribution in [1.82, 2.24) is 29.8 Å². The van der Waals surface area contributed by atoms with E-state index in [0.29, 0.717) is 23.8 Å². The van der Waals surface area contributed by atoms with Gasteiger partial charge in [0.25, 0.3) is 0 Å². The molecule has 3 aromatic heterocycles. The second-order valence-electron chi connectivity index (χ2n) is 10.1. The molecule has 0 aliphatic rings. The van der Waals surface area contributed by atoms with Crippen LogP contribution in [-0.2, 0) is 34.0 Å². The number of anilines is 1. The maximum atomic E-state index is 12.8. The molecule has 0 radical (unpaired) electrons. The van der Waals surface area contributed by atoms with E-state index in [2.05, 4.69) is 30.6 Å². The largest absolute Gasteiger partial charge is 0.490 e. The van der Waals surface area contributed by atoms with Crippen molar-refractivity contribution in [3.05, 3.63) is 92.8 Å². The van der Waals surface area contributed by atoms with Crippen molar-refractivity contribution in [2.45, 2.75) is 45.3 Å². The molecule has 5 rings (SSSR count). The fourth-order valence-corrected chi connectivity index (χ4v) is 4.90. The number of carbonyl (C=O) groups is 3. The van der Waals surface area contributed by atoms with Crippen molar-refractivity contribution in [2.24, 2.45) is 0 Å². The van der Waals surface area contributed by atoms with E-state index in [-0.39, 0.29) is 13.2 Å². The Morgan fingerprint density at radius 3 is 2.40 bits per heavy atom. The molecule has 18 heteroatoms. The van der Waals surface area contributed by atoms with Gasteiger partial charge in [0.05, 0.1) is 30.0 Å². The highest BCUT2D eigenvalue weighted by Crippen LogP contribution is 2.23. The summed E-state index contributed by atoms with van der Waals surface area (Å²) in [7, 11) is 0. The molecule has 3 heterocycles. The SMILES string of the molecule is Cc1cn(CC(CC(=O)O)NC(=O)OCc2ccccc2)c(=O)nc1NCc1nc(-c2nc3ccccc3[nH]2)cs1.O=C(O)C(F)(F)F. The number of rotatable bonds is 11. The van der Waals surface area contributed by atoms with Crippen molar-refractivity contribution >= 4 is 46.2 Å². The predicted octanol–water partition coefficient (Wildman–Crippen LogP) is 4.57. The zero-order chi connectivity index (χ0) is 34.8. The molecule has 0 saturated carbocycles. The Morgan fingerprint density at radius 2 is 1.73 bits per heavy atom. The lowest BCUT2D eigenvalue weighted by Gasteiger charge is -2.19. The number of carboxylic acids is 2. The number of hydrogen-bond acceptors (Lipinski definition) is 10. The van der Waals surface area contributed by atoms with Gasteiger partial charge >= 0.3 is 29.9 Å². The highest BCUT2D eigenvalue weighted by Gasteiger charge is 2.38. The summed E-state index contributed by atoms with van der Waals surface area (Å²) in [5.74, 6) is -2.82. The van der Waals surface area contributed by atoms with Crippen LogP contribution < -0.4 is 16.3 Å². The number of imidazole rings is 1. The minimum Gasteiger partial charge on any atom is -0.481 e. The monoisotopic (exact) mass is 687 g/mol. The van der Waals surface area contributed by atoms with Crippen LogP contribution in [-0.4, -0.2) is 65.0 Å². The van der Waals surface area contributed by atoms with E-state index in [9.17, 15) is 32.7 Å². The van der Waals surface area contributed by atoms with E-state index < -0.39 is 42.4 Å². The number of benzene rings is 2. The number of alkyl halides is 3. The zero-order valence-electron chi connectivity index (χ0n) is 25.0. The second-order valence-corrected chi connectivity index (χ2v) is 11.0. The first-order valence-electron chi connectivity index (χ1n) is 14.0. The lowest BCUT2D eigenvalue weighted by molar-refractivity contribution is -0.192. The molecule has 48 heavy (non-hydrogen) atoms. The van der Waals surface area contributed by atoms with E-state index in [1.165, 1.54) is 15.9 Å². The number of halogens is 3. The van der Waals surface area contributed by atoms with Crippen molar-refractivity contribution < 1.29 is 42.5 Å². The number of carbonyl (C=O) groups excluding carboxylic acids is 1. The third-order valence-electron chi connectivity index (χ3n) is 6.38. The van der Waals surface area contributed by atoms with E-state index in [1.54, 1.807) is 25.3 Å². The Kier molecular flexibility index (Phi) is 11.5. The number of nitrogens with zero attached hydrogens (tertiary/aromatic N) is 4. The Hall–Kier alpha value is -5.78. The summed E-state index contributed by atoms with van der Waals surface area (Å²) in [5, 5.41) is 24.8. The van der Waals surface area contributed by atoms with Gasteiger partial charge in [0.1, 0.15) is 23.1 Å². The van der Waals surface area contributed by atoms with Crippen molar-refractivity contribution in [3.8, 4) is 11.5 Å². The van der Waals surface area contributed by atoms with Crippen LogP contribution in [0.3, 0.4) is 0 Å². The molecule has 0 aliphatic carbocycles. The Balaban J connectivity index is 0.000000671. The third kappa shape index (κ3) is 10.1. The number of amides is 1. The molecule has 0 fully saturated rings. The summed E-state index contributed by atoms with van der Waals surface area (Å²) in [5.41, 5.74) is 3.39. The minimum atomic E-state index is -5.08. The molecule has 0 aliphatic heterocycles. The van der Waals surface area contributed by atoms with Crippen LogP contribution in [0, 0.1) is 6.92 Å². The molecule has 2 aromatic carbocycles. The maximum absolute atomic E-state index is 12.8. The summed E-state index contributed by atoms with van der Waals surface area (Å²) in [6.45, 7) is 2.07. The lowest BCUT2D eigenvalue weighted by atomic mass is 10.2. The number of fused-ring (bicyclic) bond motifs is 1. The Labute approximate surface area is 273 Å². The molecule has 0 spiro atoms. The number of carboxylic acid groups (broad SMARTS) is 2. The fraction of sp³-hybridized carbons (Fsp3) is 0.233. The van der Waals surface area contributed by atoms with E-state index in [4.69, 9.17) is 14.6 Å². The number of H-pyrrole nitrogens is 1. The second kappa shape index (κ2) is 15.7. The third-order valence-corrected chi connectivity index (χ3v) is 7.23. The topological polar surface area (TPSA) is 201 Å². The highest BCUT2D eigenvalue weighted by atomic mass is 32.1. The maximum Gasteiger partial charge on any atom is 0.490 e. The van der Waals surface area contributed by atoms with Crippen molar-refractivity contribution in [3.63, 3.8) is 0 Å². The quantitative estimate of drug-likeness (QED) is 0.130. The van der Waals surface area contributed by atoms with Gasteiger partial charge in [-0.3, -0.25) is 9.36 Å². The van der Waals surface area contributed by atoms with E-state index >= 15 is 0 Å². The number of ether oxygens (including phenoxy) is 1. The zero-order valence-corrected chi connectivity index (χ0v) is 25.8. The minimum absolute atomic E-state index is 0.0340. The molecule has 0 saturated heterocycles. The van der Waals surface area contributed by atoms with Crippen LogP contribution in [0.1, 0.15) is 22.6 Å². The van der Waals surface area contributed by atoms with Gasteiger partial charge in [0.2, 0.25) is 0 Å². The smallest absolute Gasteiger partial charge is 0.481 e. The predicted molar refractivity (Wildman–Crippen MR) is 167 cm³/mol. The number of aryl methyl sites for hydroxylation is 1. The van der Waals surface area contributed by atoms with Crippen LogP contribution >= 0.6 is 11.3 Å². The number of aromatic amines is 1. The normalized spacial score (nSPS) is 11.7. The summed E-state index contributed by atoms with van der Waals surface area (Å²) in [6, 6.07) is 16.0. The molecule has 1 atom stereocenters. The van der Waals surface area contributed by atoms with E-state index in [1.807, 2.05) is 47.8 Å². The fourth-order valence-electron chi connectivity index (χ4n) is 4.18. The molecule has 252 valence electrons. The van der Waals surface area contributed by atoms with Crippen LogP contribution in [0.5, 0.6) is 0 Å². The average Bonchev–Trinajstić information content (AvgIpc) is 3.68. The number of para-hydroxylation sites is 2. The Morgan fingerprint density at radius 1 is 1.04 bits per heavy atom. The van der Waals surface area contributed by atoms with Gasteiger partial charge in [0.15, 0.2) is 5.82 Å². The highest BCUT2D eigenvalue weighted by molar-refractivity contribution is 7.09. The summed E-state index contributed by atoms with van der Waals surface area (Å²) in [4.78, 5) is 62.0. The lowest BCUT2D eigenvalue weighted by Crippen LogP contribution is -2.42. The summed E-state index contributed by atoms with van der Waals surface area (Å²) < 4.78 is 38.2. The van der Waals surface area contributed by atoms with Gasteiger partial charge < -0.3 is 30.6 Å². The first-order chi connectivity index (χ1) is 22.8. The molecule has 5 N–H and O–H groups in total. The standard InChI is InChI=1S/C28H27N7O5S.C2HF3O2/c1-17-13-35(14-19(11-24(36)37)30-28(39)40-15-18-7-3-2-4-8-18)27(38)34-25(17)29-12-23-31-22(16-41-23)26-32-20-9-5-6-10-21(20)33-26;3-2(4,5)1(6)7/h2-10,13,16,19H,11-12,14-15H2,1H3,(H,30,39)(H,32,33)(H,36,37)(H,29,34,38);(H,6,7). The first-order valence-corrected chi connectivity index (χ1v) is 14.9. The van der Waals surface area contributed by atoms with Gasteiger partial charge in [-0.2, -0.15) is 18.2 Å². The number of aromatic nitrogens is 5. The molecular weight excluding hydrogens is 659 g/mol. The summed E-state index contributed by atoms with van der Waals surface area (Å²) in [6.07, 6.45) is -4.68. The van der Waals surface area contributed by atoms with Gasteiger partial charge in [0, 0.05) is 23.7 Å².